The van der Waals surface area contributed by atoms with Gasteiger partial charge in [0.15, 0.2) is 20.0 Å². The number of likely N-dealkylation sites (tertiary alicyclic amines) is 1. The Morgan fingerprint density at radius 2 is 1.18 bits per heavy atom. The summed E-state index contributed by atoms with van der Waals surface area (Å²) in [5, 5.41) is 0. The van der Waals surface area contributed by atoms with Gasteiger partial charge in [0, 0.05) is 5.92 Å². The number of unbranched alkanes of at least 4 members (excludes halogenated alkanes) is 9. The van der Waals surface area contributed by atoms with Crippen molar-refractivity contribution in [1.29, 1.82) is 0 Å². The van der Waals surface area contributed by atoms with Crippen LogP contribution in [0, 0.1) is 5.92 Å². The molecule has 2 unspecified atom stereocenters. The van der Waals surface area contributed by atoms with E-state index in [9.17, 15) is 43.2 Å². The molecule has 0 bridgehead atoms. The number of quaternary nitrogens is 1. The average molecular weight is 549 g/mol. The molecule has 0 spiro atoms. The van der Waals surface area contributed by atoms with E-state index in [-0.39, 0.29) is 0 Å². The van der Waals surface area contributed by atoms with E-state index in [0.29, 0.717) is 0 Å². The minimum absolute atomic E-state index is 0.778. The second kappa shape index (κ2) is 15.5. The molecule has 0 aromatic rings. The molecule has 1 saturated heterocycles. The third-order valence-electron chi connectivity index (χ3n) is 5.53. The monoisotopic (exact) mass is 548 g/mol. The molecule has 1 rings (SSSR count). The van der Waals surface area contributed by atoms with Gasteiger partial charge >= 0.3 is 11.0 Å². The molecule has 206 valence electrons. The standard InChI is InChI=1S/C18H37N.C2F6NO4S2/c1-3-4-5-6-7-8-9-10-11-12-15-19-16-13-14-18(2)17-19;3-1(4,5)14(10,11)9-15(12,13)2(6,7)8/h18H,3-17H2,1-2H3;/q;-1/p+1. The molecule has 1 aliphatic heterocycles. The van der Waals surface area contributed by atoms with Gasteiger partial charge < -0.3 is 9.03 Å². The third-order valence-corrected chi connectivity index (χ3v) is 8.27. The van der Waals surface area contributed by atoms with Crippen LogP contribution in [0.15, 0.2) is 0 Å². The molecule has 1 fully saturated rings. The van der Waals surface area contributed by atoms with Gasteiger partial charge in [-0.3, -0.25) is 0 Å². The number of nitrogens with zero attached hydrogens (tertiary/aromatic N) is 1. The van der Waals surface area contributed by atoms with Gasteiger partial charge in [0.1, 0.15) is 0 Å². The Hall–Kier alpha value is -0.600. The van der Waals surface area contributed by atoms with Crippen LogP contribution in [0.2, 0.25) is 0 Å². The lowest BCUT2D eigenvalue weighted by atomic mass is 10.00. The van der Waals surface area contributed by atoms with Crippen molar-refractivity contribution in [1.82, 2.24) is 0 Å². The van der Waals surface area contributed by atoms with E-state index in [2.05, 4.69) is 13.8 Å². The van der Waals surface area contributed by atoms with Crippen molar-refractivity contribution < 1.29 is 48.1 Å². The molecule has 2 atom stereocenters. The molecule has 0 radical (unpaired) electrons. The van der Waals surface area contributed by atoms with Crippen molar-refractivity contribution in [2.24, 2.45) is 5.92 Å². The van der Waals surface area contributed by atoms with Crippen LogP contribution in [0.3, 0.4) is 0 Å². The Morgan fingerprint density at radius 1 is 0.765 bits per heavy atom. The highest BCUT2D eigenvalue weighted by atomic mass is 32.3. The maximum Gasteiger partial charge on any atom is 0.480 e. The first kappa shape index (κ1) is 33.4. The van der Waals surface area contributed by atoms with Crippen molar-refractivity contribution in [3.63, 3.8) is 0 Å². The molecule has 0 aliphatic carbocycles. The summed E-state index contributed by atoms with van der Waals surface area (Å²) < 4.78 is 109. The number of nitrogens with one attached hydrogen (secondary N) is 1. The lowest BCUT2D eigenvalue weighted by Gasteiger charge is -2.27. The molecular formula is C20H38F6N2O4S2. The van der Waals surface area contributed by atoms with E-state index < -0.39 is 31.1 Å². The summed E-state index contributed by atoms with van der Waals surface area (Å²) in [6.07, 6.45) is 17.6. The van der Waals surface area contributed by atoms with Gasteiger partial charge in [0.25, 0.3) is 0 Å². The maximum atomic E-state index is 11.4. The highest BCUT2D eigenvalue weighted by molar-refractivity contribution is 8.13. The fourth-order valence-corrected chi connectivity index (χ4v) is 5.41. The van der Waals surface area contributed by atoms with Gasteiger partial charge in [0.05, 0.1) is 19.6 Å². The number of halogens is 6. The topological polar surface area (TPSA) is 86.8 Å². The SMILES string of the molecule is CCCCCCCCCCCC[NH+]1CCCC(C)C1.O=S(=O)([N-]S(=O)(=O)C(F)(F)F)C(F)(F)F. The van der Waals surface area contributed by atoms with Crippen molar-refractivity contribution in [3.8, 4) is 0 Å². The molecule has 14 heteroatoms. The molecule has 1 N–H and O–H groups in total. The first-order chi connectivity index (χ1) is 15.5. The molecular weight excluding hydrogens is 510 g/mol. The summed E-state index contributed by atoms with van der Waals surface area (Å²) >= 11 is 0. The number of alkyl halides is 6. The Balaban J connectivity index is 0.000000661. The molecule has 0 saturated carbocycles. The largest absolute Gasteiger partial charge is 0.480 e. The van der Waals surface area contributed by atoms with E-state index >= 15 is 0 Å². The normalized spacial score (nSPS) is 20.0. The number of sulfonamides is 2. The van der Waals surface area contributed by atoms with Crippen LogP contribution >= 0.6 is 0 Å². The summed E-state index contributed by atoms with van der Waals surface area (Å²) in [5.74, 6) is 0.979. The van der Waals surface area contributed by atoms with E-state index in [1.54, 1.807) is 0 Å². The van der Waals surface area contributed by atoms with Crippen LogP contribution in [0.5, 0.6) is 0 Å². The Bertz CT molecular complexity index is 714. The fraction of sp³-hybridized carbons (Fsp3) is 1.00. The fourth-order valence-electron chi connectivity index (χ4n) is 3.70. The quantitative estimate of drug-likeness (QED) is 0.251. The van der Waals surface area contributed by atoms with Gasteiger partial charge in [-0.15, -0.1) is 0 Å². The predicted molar refractivity (Wildman–Crippen MR) is 119 cm³/mol. The van der Waals surface area contributed by atoms with Crippen LogP contribution in [0.1, 0.15) is 90.9 Å². The summed E-state index contributed by atoms with van der Waals surface area (Å²) in [5.41, 5.74) is -12.4. The summed E-state index contributed by atoms with van der Waals surface area (Å²) in [6.45, 7) is 9.06. The van der Waals surface area contributed by atoms with Crippen molar-refractivity contribution in [2.45, 2.75) is 102 Å². The minimum Gasteiger partial charge on any atom is -0.421 e. The molecule has 0 amide bonds. The minimum atomic E-state index is -6.72. The van der Waals surface area contributed by atoms with Crippen LogP contribution in [0.4, 0.5) is 26.3 Å². The Morgan fingerprint density at radius 3 is 1.56 bits per heavy atom. The van der Waals surface area contributed by atoms with Crippen LogP contribution in [-0.2, 0) is 20.0 Å². The Labute approximate surface area is 199 Å². The zero-order valence-corrected chi connectivity index (χ0v) is 21.5. The zero-order valence-electron chi connectivity index (χ0n) is 19.8. The van der Waals surface area contributed by atoms with Crippen LogP contribution in [0.25, 0.3) is 4.13 Å². The van der Waals surface area contributed by atoms with Crippen LogP contribution < -0.4 is 4.90 Å². The second-order valence-electron chi connectivity index (χ2n) is 8.80. The summed E-state index contributed by atoms with van der Waals surface area (Å²) in [7, 11) is -13.4. The third kappa shape index (κ3) is 14.1. The number of hydrogen-bond donors (Lipinski definition) is 1. The van der Waals surface area contributed by atoms with E-state index in [1.807, 2.05) is 4.90 Å². The number of hydrogen-bond acceptors (Lipinski definition) is 4. The first-order valence-corrected chi connectivity index (χ1v) is 14.6. The molecule has 1 aliphatic rings. The van der Waals surface area contributed by atoms with Crippen molar-refractivity contribution in [2.75, 3.05) is 19.6 Å². The van der Waals surface area contributed by atoms with Crippen LogP contribution in [-0.4, -0.2) is 47.5 Å². The van der Waals surface area contributed by atoms with Gasteiger partial charge in [-0.25, -0.2) is 16.8 Å². The molecule has 6 nitrogen and oxygen atoms in total. The second-order valence-corrected chi connectivity index (χ2v) is 12.2. The molecule has 0 aromatic carbocycles. The van der Waals surface area contributed by atoms with E-state index in [1.165, 1.54) is 96.7 Å². The summed E-state index contributed by atoms with van der Waals surface area (Å²) in [6, 6.07) is 0. The van der Waals surface area contributed by atoms with E-state index in [4.69, 9.17) is 0 Å². The van der Waals surface area contributed by atoms with Gasteiger partial charge in [-0.05, 0) is 25.7 Å². The molecule has 0 aromatic heterocycles. The average Bonchev–Trinajstić information content (AvgIpc) is 2.67. The number of piperidine rings is 1. The van der Waals surface area contributed by atoms with Crippen molar-refractivity contribution in [3.05, 3.63) is 4.13 Å². The highest BCUT2D eigenvalue weighted by Crippen LogP contribution is 2.36. The predicted octanol–water partition coefficient (Wildman–Crippen LogP) is 5.28. The van der Waals surface area contributed by atoms with Gasteiger partial charge in [-0.2, -0.15) is 26.3 Å². The lowest BCUT2D eigenvalue weighted by Crippen LogP contribution is -3.13. The van der Waals surface area contributed by atoms with Crippen molar-refractivity contribution >= 4 is 20.0 Å². The highest BCUT2D eigenvalue weighted by Gasteiger charge is 2.46. The lowest BCUT2D eigenvalue weighted by molar-refractivity contribution is -0.908. The molecule has 34 heavy (non-hydrogen) atoms. The summed E-state index contributed by atoms with van der Waals surface area (Å²) in [4.78, 5) is 1.89. The zero-order chi connectivity index (χ0) is 26.5. The van der Waals surface area contributed by atoms with Gasteiger partial charge in [0.2, 0.25) is 0 Å². The molecule has 1 heterocycles. The number of rotatable bonds is 13. The maximum absolute atomic E-state index is 11.4. The first-order valence-electron chi connectivity index (χ1n) is 11.7. The van der Waals surface area contributed by atoms with Gasteiger partial charge in [-0.1, -0.05) is 65.2 Å². The smallest absolute Gasteiger partial charge is 0.421 e. The van der Waals surface area contributed by atoms with E-state index in [0.717, 1.165) is 10.0 Å². The Kier molecular flexibility index (Phi) is 15.2.